The van der Waals surface area contributed by atoms with Gasteiger partial charge < -0.3 is 5.73 Å². The Kier molecular flexibility index (Phi) is 3.92. The molecule has 0 saturated carbocycles. The van der Waals surface area contributed by atoms with Crippen molar-refractivity contribution >= 4 is 12.4 Å². The number of hydrogen-bond acceptors (Lipinski definition) is 1. The van der Waals surface area contributed by atoms with Gasteiger partial charge in [-0.25, -0.2) is 0 Å². The first-order chi connectivity index (χ1) is 3.43. The van der Waals surface area contributed by atoms with Crippen molar-refractivity contribution in [1.29, 1.82) is 0 Å². The van der Waals surface area contributed by atoms with Crippen LogP contribution in [-0.2, 0) is 0 Å². The second-order valence-corrected chi connectivity index (χ2v) is 2.00. The Morgan fingerprint density at radius 1 is 1.62 bits per heavy atom. The molecule has 0 aromatic carbocycles. The third-order valence-electron chi connectivity index (χ3n) is 1.42. The lowest BCUT2D eigenvalue weighted by molar-refractivity contribution is 0.645. The molecule has 8 heavy (non-hydrogen) atoms. The Morgan fingerprint density at radius 2 is 2.38 bits per heavy atom. The average molecular weight is 134 g/mol. The number of nitrogens with two attached hydrogens (primary N) is 1. The van der Waals surface area contributed by atoms with Gasteiger partial charge in [-0.15, -0.1) is 12.4 Å². The molecule has 1 nitrogen and oxygen atoms in total. The van der Waals surface area contributed by atoms with E-state index in [2.05, 4.69) is 12.2 Å². The summed E-state index contributed by atoms with van der Waals surface area (Å²) in [5, 5.41) is 0. The normalized spacial score (nSPS) is 25.4. The van der Waals surface area contributed by atoms with Gasteiger partial charge in [-0.05, 0) is 25.3 Å². The number of hydrogen-bond donors (Lipinski definition) is 1. The van der Waals surface area contributed by atoms with Crippen molar-refractivity contribution in [3.05, 3.63) is 12.2 Å². The van der Waals surface area contributed by atoms with Gasteiger partial charge in [0, 0.05) is 0 Å². The summed E-state index contributed by atoms with van der Waals surface area (Å²) < 4.78 is 0. The lowest BCUT2D eigenvalue weighted by Crippen LogP contribution is -2.08. The molecule has 1 aliphatic rings. The Labute approximate surface area is 56.4 Å². The molecule has 1 rings (SSSR count). The lowest BCUT2D eigenvalue weighted by Gasteiger charge is -1.97. The van der Waals surface area contributed by atoms with Crippen molar-refractivity contribution < 1.29 is 0 Å². The van der Waals surface area contributed by atoms with Crippen LogP contribution in [0, 0.1) is 5.92 Å². The molecule has 0 bridgehead atoms. The number of rotatable bonds is 1. The van der Waals surface area contributed by atoms with Crippen molar-refractivity contribution in [3.63, 3.8) is 0 Å². The van der Waals surface area contributed by atoms with E-state index in [-0.39, 0.29) is 12.4 Å². The van der Waals surface area contributed by atoms with Gasteiger partial charge in [-0.2, -0.15) is 0 Å². The van der Waals surface area contributed by atoms with Crippen LogP contribution in [-0.4, -0.2) is 6.54 Å². The summed E-state index contributed by atoms with van der Waals surface area (Å²) in [5.74, 6) is 0.694. The number of halogens is 1. The molecule has 0 heterocycles. The van der Waals surface area contributed by atoms with E-state index in [1.807, 2.05) is 0 Å². The Morgan fingerprint density at radius 3 is 2.62 bits per heavy atom. The zero-order valence-electron chi connectivity index (χ0n) is 4.84. The zero-order valence-corrected chi connectivity index (χ0v) is 5.66. The van der Waals surface area contributed by atoms with Crippen LogP contribution >= 0.6 is 12.4 Å². The molecular weight excluding hydrogens is 122 g/mol. The minimum absolute atomic E-state index is 0. The smallest absolute Gasteiger partial charge is 0.00141 e. The predicted octanol–water partition coefficient (Wildman–Crippen LogP) is 1.33. The van der Waals surface area contributed by atoms with Crippen LogP contribution < -0.4 is 5.73 Å². The highest BCUT2D eigenvalue weighted by molar-refractivity contribution is 5.85. The Hall–Kier alpha value is -0.0100. The molecule has 0 aromatic rings. The zero-order chi connectivity index (χ0) is 5.11. The molecule has 0 saturated heterocycles. The van der Waals surface area contributed by atoms with Crippen molar-refractivity contribution in [2.45, 2.75) is 12.8 Å². The fourth-order valence-electron chi connectivity index (χ4n) is 0.892. The highest BCUT2D eigenvalue weighted by Crippen LogP contribution is 2.14. The van der Waals surface area contributed by atoms with Crippen LogP contribution in [0.2, 0.25) is 0 Å². The number of allylic oxidation sites excluding steroid dienone is 1. The first kappa shape index (κ1) is 7.99. The maximum atomic E-state index is 5.38. The van der Waals surface area contributed by atoms with Crippen molar-refractivity contribution in [1.82, 2.24) is 0 Å². The van der Waals surface area contributed by atoms with E-state index in [0.29, 0.717) is 5.92 Å². The standard InChI is InChI=1S/C6H11N.ClH/c7-5-6-3-1-2-4-6;/h1,3,6H,2,4-5,7H2;1H. The second-order valence-electron chi connectivity index (χ2n) is 2.00. The largest absolute Gasteiger partial charge is 0.330 e. The van der Waals surface area contributed by atoms with Gasteiger partial charge in [0.1, 0.15) is 0 Å². The molecule has 0 aliphatic heterocycles. The second kappa shape index (κ2) is 3.93. The van der Waals surface area contributed by atoms with Gasteiger partial charge in [0.25, 0.3) is 0 Å². The maximum Gasteiger partial charge on any atom is -0.00141 e. The molecule has 2 N–H and O–H groups in total. The predicted molar refractivity (Wildman–Crippen MR) is 38.2 cm³/mol. The van der Waals surface area contributed by atoms with E-state index in [0.717, 1.165) is 6.54 Å². The molecule has 1 unspecified atom stereocenters. The van der Waals surface area contributed by atoms with E-state index in [4.69, 9.17) is 5.73 Å². The molecule has 0 spiro atoms. The van der Waals surface area contributed by atoms with Gasteiger partial charge >= 0.3 is 0 Å². The van der Waals surface area contributed by atoms with Crippen LogP contribution in [0.15, 0.2) is 12.2 Å². The van der Waals surface area contributed by atoms with Gasteiger partial charge in [0.05, 0.1) is 0 Å². The van der Waals surface area contributed by atoms with E-state index in [9.17, 15) is 0 Å². The summed E-state index contributed by atoms with van der Waals surface area (Å²) in [7, 11) is 0. The van der Waals surface area contributed by atoms with Gasteiger partial charge in [0.15, 0.2) is 0 Å². The van der Waals surface area contributed by atoms with Crippen molar-refractivity contribution in [3.8, 4) is 0 Å². The first-order valence-electron chi connectivity index (χ1n) is 2.80. The summed E-state index contributed by atoms with van der Waals surface area (Å²) in [5.41, 5.74) is 5.38. The van der Waals surface area contributed by atoms with Crippen LogP contribution in [0.25, 0.3) is 0 Å². The van der Waals surface area contributed by atoms with Gasteiger partial charge in [0.2, 0.25) is 0 Å². The average Bonchev–Trinajstić information content (AvgIpc) is 2.14. The minimum Gasteiger partial charge on any atom is -0.330 e. The molecule has 0 aromatic heterocycles. The molecule has 0 radical (unpaired) electrons. The third kappa shape index (κ3) is 1.85. The van der Waals surface area contributed by atoms with Crippen LogP contribution in [0.5, 0.6) is 0 Å². The van der Waals surface area contributed by atoms with Crippen LogP contribution in [0.3, 0.4) is 0 Å². The van der Waals surface area contributed by atoms with Crippen molar-refractivity contribution in [2.75, 3.05) is 6.54 Å². The quantitative estimate of drug-likeness (QED) is 0.537. The summed E-state index contributed by atoms with van der Waals surface area (Å²) in [6, 6.07) is 0. The van der Waals surface area contributed by atoms with Gasteiger partial charge in [-0.3, -0.25) is 0 Å². The fraction of sp³-hybridized carbons (Fsp3) is 0.667. The summed E-state index contributed by atoms with van der Waals surface area (Å²) in [6.07, 6.45) is 6.93. The molecule has 48 valence electrons. The highest BCUT2D eigenvalue weighted by Gasteiger charge is 2.04. The van der Waals surface area contributed by atoms with E-state index < -0.39 is 0 Å². The SMILES string of the molecule is Cl.NCC1C=CCC1. The maximum absolute atomic E-state index is 5.38. The molecule has 1 aliphatic carbocycles. The topological polar surface area (TPSA) is 26.0 Å². The third-order valence-corrected chi connectivity index (χ3v) is 1.42. The first-order valence-corrected chi connectivity index (χ1v) is 2.80. The van der Waals surface area contributed by atoms with Gasteiger partial charge in [-0.1, -0.05) is 12.2 Å². The summed E-state index contributed by atoms with van der Waals surface area (Å²) in [6.45, 7) is 0.830. The molecule has 0 fully saturated rings. The van der Waals surface area contributed by atoms with Crippen LogP contribution in [0.4, 0.5) is 0 Å². The molecular formula is C6H12ClN. The van der Waals surface area contributed by atoms with E-state index in [1.54, 1.807) is 0 Å². The molecule has 0 amide bonds. The Bertz CT molecular complexity index is 80.6. The monoisotopic (exact) mass is 133 g/mol. The van der Waals surface area contributed by atoms with Crippen molar-refractivity contribution in [2.24, 2.45) is 11.7 Å². The van der Waals surface area contributed by atoms with Crippen LogP contribution in [0.1, 0.15) is 12.8 Å². The summed E-state index contributed by atoms with van der Waals surface area (Å²) in [4.78, 5) is 0. The molecule has 2 heteroatoms. The lowest BCUT2D eigenvalue weighted by atomic mass is 10.1. The molecule has 1 atom stereocenters. The summed E-state index contributed by atoms with van der Waals surface area (Å²) >= 11 is 0. The Balaban J connectivity index is 0.000000490. The fourth-order valence-corrected chi connectivity index (χ4v) is 0.892. The highest BCUT2D eigenvalue weighted by atomic mass is 35.5. The van der Waals surface area contributed by atoms with E-state index in [1.165, 1.54) is 12.8 Å². The van der Waals surface area contributed by atoms with E-state index >= 15 is 0 Å². The minimum atomic E-state index is 0.